The molecule has 0 radical (unpaired) electrons. The van der Waals surface area contributed by atoms with Gasteiger partial charge in [0.05, 0.1) is 24.8 Å². The minimum Gasteiger partial charge on any atom is -0.506 e. The first-order chi connectivity index (χ1) is 15.3. The monoisotopic (exact) mass is 492 g/mol. The molecule has 0 saturated carbocycles. The summed E-state index contributed by atoms with van der Waals surface area (Å²) in [4.78, 5) is 27.0. The molecule has 0 unspecified atom stereocenters. The number of halogens is 1. The molecule has 1 saturated heterocycles. The highest BCUT2D eigenvalue weighted by molar-refractivity contribution is 8.26. The summed E-state index contributed by atoms with van der Waals surface area (Å²) in [5.41, 5.74) is 1.02. The van der Waals surface area contributed by atoms with E-state index < -0.39 is 0 Å². The van der Waals surface area contributed by atoms with Gasteiger partial charge in [-0.15, -0.1) is 0 Å². The van der Waals surface area contributed by atoms with Gasteiger partial charge >= 0.3 is 0 Å². The van der Waals surface area contributed by atoms with E-state index in [1.807, 2.05) is 6.07 Å². The molecule has 2 N–H and O–H groups in total. The second-order valence-electron chi connectivity index (χ2n) is 6.76. The summed E-state index contributed by atoms with van der Waals surface area (Å²) in [6, 6.07) is 9.77. The van der Waals surface area contributed by atoms with E-state index in [4.69, 9.17) is 33.3 Å². The fourth-order valence-corrected chi connectivity index (χ4v) is 4.49. The van der Waals surface area contributed by atoms with Crippen molar-refractivity contribution >= 4 is 63.5 Å². The number of anilines is 1. The number of methoxy groups -OCH3 is 2. The van der Waals surface area contributed by atoms with Gasteiger partial charge in [-0.1, -0.05) is 41.6 Å². The smallest absolute Gasteiger partial charge is 0.266 e. The van der Waals surface area contributed by atoms with E-state index in [-0.39, 0.29) is 29.7 Å². The zero-order valence-corrected chi connectivity index (χ0v) is 19.8. The maximum atomic E-state index is 12.8. The van der Waals surface area contributed by atoms with Crippen LogP contribution in [-0.4, -0.2) is 46.9 Å². The molecule has 0 spiro atoms. The van der Waals surface area contributed by atoms with Gasteiger partial charge in [0.15, 0.2) is 11.5 Å². The molecular formula is C22H21ClN2O5S2. The Hall–Kier alpha value is -2.75. The van der Waals surface area contributed by atoms with Gasteiger partial charge in [-0.2, -0.15) is 0 Å². The van der Waals surface area contributed by atoms with Crippen molar-refractivity contribution in [2.75, 3.05) is 26.1 Å². The van der Waals surface area contributed by atoms with Crippen LogP contribution in [0.25, 0.3) is 6.08 Å². The van der Waals surface area contributed by atoms with Crippen LogP contribution < -0.4 is 14.8 Å². The Labute approximate surface area is 200 Å². The number of ether oxygens (including phenoxy) is 2. The van der Waals surface area contributed by atoms with E-state index in [1.54, 1.807) is 32.4 Å². The van der Waals surface area contributed by atoms with Gasteiger partial charge in [-0.05, 0) is 48.4 Å². The van der Waals surface area contributed by atoms with Crippen LogP contribution in [0.5, 0.6) is 17.2 Å². The lowest BCUT2D eigenvalue weighted by Crippen LogP contribution is -2.29. The summed E-state index contributed by atoms with van der Waals surface area (Å²) < 4.78 is 11.0. The van der Waals surface area contributed by atoms with Crippen LogP contribution in [0, 0.1) is 0 Å². The van der Waals surface area contributed by atoms with E-state index in [0.29, 0.717) is 38.7 Å². The summed E-state index contributed by atoms with van der Waals surface area (Å²) in [5.74, 6) is 0.589. The number of benzene rings is 2. The summed E-state index contributed by atoms with van der Waals surface area (Å²) in [6.45, 7) is 0.308. The molecular weight excluding hydrogens is 472 g/mol. The number of hydrogen-bond acceptors (Lipinski definition) is 7. The lowest BCUT2D eigenvalue weighted by molar-refractivity contribution is -0.122. The molecule has 0 aliphatic carbocycles. The molecule has 0 atom stereocenters. The normalized spacial score (nSPS) is 14.7. The van der Waals surface area contributed by atoms with Gasteiger partial charge < -0.3 is 19.9 Å². The fourth-order valence-electron chi connectivity index (χ4n) is 3.01. The van der Waals surface area contributed by atoms with E-state index in [9.17, 15) is 14.7 Å². The molecule has 1 aliphatic rings. The van der Waals surface area contributed by atoms with Crippen LogP contribution >= 0.6 is 35.6 Å². The Balaban J connectivity index is 1.58. The first-order valence-corrected chi connectivity index (χ1v) is 11.2. The van der Waals surface area contributed by atoms with Gasteiger partial charge in [-0.25, -0.2) is 0 Å². The number of hydrogen-bond donors (Lipinski definition) is 2. The molecule has 3 rings (SSSR count). The van der Waals surface area contributed by atoms with Crippen molar-refractivity contribution in [2.45, 2.75) is 12.8 Å². The Morgan fingerprint density at radius 3 is 2.69 bits per heavy atom. The van der Waals surface area contributed by atoms with Crippen molar-refractivity contribution in [1.82, 2.24) is 4.90 Å². The first kappa shape index (κ1) is 23.9. The van der Waals surface area contributed by atoms with Gasteiger partial charge in [0, 0.05) is 18.0 Å². The third-order valence-corrected chi connectivity index (χ3v) is 6.21. The molecule has 32 heavy (non-hydrogen) atoms. The third kappa shape index (κ3) is 5.73. The molecule has 2 aromatic carbocycles. The first-order valence-electron chi connectivity index (χ1n) is 9.58. The van der Waals surface area contributed by atoms with Crippen LogP contribution in [0.3, 0.4) is 0 Å². The van der Waals surface area contributed by atoms with Crippen LogP contribution in [0.15, 0.2) is 41.3 Å². The summed E-state index contributed by atoms with van der Waals surface area (Å²) in [6.07, 6.45) is 2.30. The highest BCUT2D eigenvalue weighted by Gasteiger charge is 2.31. The van der Waals surface area contributed by atoms with Gasteiger partial charge in [0.1, 0.15) is 10.1 Å². The average molecular weight is 493 g/mol. The summed E-state index contributed by atoms with van der Waals surface area (Å²) in [5, 5.41) is 12.8. The van der Waals surface area contributed by atoms with Crippen molar-refractivity contribution in [2.24, 2.45) is 0 Å². The molecule has 2 amide bonds. The number of thiocarbonyl (C=S) groups is 1. The molecule has 7 nitrogen and oxygen atoms in total. The lowest BCUT2D eigenvalue weighted by Gasteiger charge is -2.14. The number of phenols is 1. The number of nitrogens with zero attached hydrogens (tertiary/aromatic N) is 1. The fraction of sp³-hybridized carbons (Fsp3) is 0.227. The lowest BCUT2D eigenvalue weighted by atomic mass is 10.2. The Morgan fingerprint density at radius 1 is 1.22 bits per heavy atom. The molecule has 1 heterocycles. The second-order valence-corrected chi connectivity index (χ2v) is 8.87. The molecule has 1 aliphatic heterocycles. The Bertz CT molecular complexity index is 1090. The molecule has 10 heteroatoms. The largest absolute Gasteiger partial charge is 0.506 e. The summed E-state index contributed by atoms with van der Waals surface area (Å²) in [7, 11) is 3.10. The predicted octanol–water partition coefficient (Wildman–Crippen LogP) is 4.68. The van der Waals surface area contributed by atoms with Crippen LogP contribution in [0.1, 0.15) is 18.4 Å². The topological polar surface area (TPSA) is 88.1 Å². The van der Waals surface area contributed by atoms with Crippen LogP contribution in [-0.2, 0) is 9.59 Å². The van der Waals surface area contributed by atoms with Gasteiger partial charge in [-0.3, -0.25) is 14.5 Å². The maximum Gasteiger partial charge on any atom is 0.266 e. The molecule has 1 fully saturated rings. The second kappa shape index (κ2) is 10.7. The third-order valence-electron chi connectivity index (χ3n) is 4.60. The van der Waals surface area contributed by atoms with Gasteiger partial charge in [0.25, 0.3) is 5.91 Å². The quantitative estimate of drug-likeness (QED) is 0.314. The highest BCUT2D eigenvalue weighted by Crippen LogP contribution is 2.35. The maximum absolute atomic E-state index is 12.8. The average Bonchev–Trinajstić information content (AvgIpc) is 3.03. The van der Waals surface area contributed by atoms with Crippen molar-refractivity contribution in [3.63, 3.8) is 0 Å². The molecule has 2 aromatic rings. The van der Waals surface area contributed by atoms with E-state index in [1.165, 1.54) is 34.9 Å². The van der Waals surface area contributed by atoms with E-state index >= 15 is 0 Å². The van der Waals surface area contributed by atoms with Crippen molar-refractivity contribution in [3.8, 4) is 17.2 Å². The van der Waals surface area contributed by atoms with E-state index in [0.717, 1.165) is 5.56 Å². The highest BCUT2D eigenvalue weighted by atomic mass is 35.5. The number of phenolic OH excluding ortho intramolecular Hbond substituents is 1. The number of carbonyl (C=O) groups excluding carboxylic acids is 2. The number of nitrogens with one attached hydrogen (secondary N) is 1. The number of rotatable bonds is 8. The minimum absolute atomic E-state index is 0.0695. The predicted molar refractivity (Wildman–Crippen MR) is 130 cm³/mol. The van der Waals surface area contributed by atoms with Crippen LogP contribution in [0.4, 0.5) is 5.69 Å². The Morgan fingerprint density at radius 2 is 1.97 bits per heavy atom. The van der Waals surface area contributed by atoms with Crippen molar-refractivity contribution in [1.29, 1.82) is 0 Å². The number of amides is 2. The minimum atomic E-state index is -0.297. The van der Waals surface area contributed by atoms with Crippen molar-refractivity contribution in [3.05, 3.63) is 51.9 Å². The standard InChI is InChI=1S/C22H21ClN2O5S2/c1-29-17-8-5-13(10-18(17)30-2)11-19-21(28)25(22(31)32-19)9-3-4-20(27)24-15-12-14(23)6-7-16(15)26/h5-8,10-12,26H,3-4,9H2,1-2H3,(H,24,27)/b19-11-. The number of thioether (sulfide) groups is 1. The van der Waals surface area contributed by atoms with E-state index in [2.05, 4.69) is 5.32 Å². The number of carbonyl (C=O) groups is 2. The zero-order valence-electron chi connectivity index (χ0n) is 17.4. The number of aromatic hydroxyl groups is 1. The van der Waals surface area contributed by atoms with Crippen molar-refractivity contribution < 1.29 is 24.2 Å². The Kier molecular flexibility index (Phi) is 8.00. The molecule has 0 bridgehead atoms. The van der Waals surface area contributed by atoms with Gasteiger partial charge in [0.2, 0.25) is 5.91 Å². The SMILES string of the molecule is COc1ccc(/C=C2\SC(=S)N(CCCC(=O)Nc3cc(Cl)ccc3O)C2=O)cc1OC. The van der Waals surface area contributed by atoms with Crippen LogP contribution in [0.2, 0.25) is 5.02 Å². The zero-order chi connectivity index (χ0) is 23.3. The molecule has 0 aromatic heterocycles. The summed E-state index contributed by atoms with van der Waals surface area (Å²) >= 11 is 12.4. The molecule has 168 valence electrons.